The van der Waals surface area contributed by atoms with Gasteiger partial charge in [-0.15, -0.1) is 0 Å². The molecule has 2 aromatic rings. The molecule has 1 aliphatic rings. The number of non-ortho nitro benzene ring substituents is 1. The molecule has 0 aliphatic carbocycles. The molecule has 2 heterocycles. The van der Waals surface area contributed by atoms with E-state index in [1.807, 2.05) is 11.6 Å². The lowest BCUT2D eigenvalue weighted by molar-refractivity contribution is -0.384. The summed E-state index contributed by atoms with van der Waals surface area (Å²) in [6.45, 7) is 4.88. The Bertz CT molecular complexity index is 680. The highest BCUT2D eigenvalue weighted by Gasteiger charge is 2.25. The molecule has 22 heavy (non-hydrogen) atoms. The number of nitrogens with zero attached hydrogens (tertiary/aromatic N) is 4. The number of hydrogen-bond acceptors (Lipinski definition) is 5. The summed E-state index contributed by atoms with van der Waals surface area (Å²) in [5, 5.41) is 18.7. The Hall–Kier alpha value is -2.28. The van der Waals surface area contributed by atoms with Crippen molar-refractivity contribution >= 4 is 5.69 Å². The zero-order chi connectivity index (χ0) is 15.7. The van der Waals surface area contributed by atoms with E-state index in [-0.39, 0.29) is 22.7 Å². The predicted octanol–water partition coefficient (Wildman–Crippen LogP) is 2.68. The van der Waals surface area contributed by atoms with Gasteiger partial charge in [-0.3, -0.25) is 10.1 Å². The molecule has 0 fully saturated rings. The Labute approximate surface area is 128 Å². The van der Waals surface area contributed by atoms with Gasteiger partial charge in [0.05, 0.1) is 11.0 Å². The number of benzene rings is 1. The number of nitrogens with one attached hydrogen (secondary N) is 1. The molecule has 7 nitrogen and oxygen atoms in total. The summed E-state index contributed by atoms with van der Waals surface area (Å²) in [6.07, 6.45) is 2.09. The van der Waals surface area contributed by atoms with E-state index in [1.54, 1.807) is 24.3 Å². The van der Waals surface area contributed by atoms with Crippen LogP contribution in [0.25, 0.3) is 0 Å². The summed E-state index contributed by atoms with van der Waals surface area (Å²) in [5.74, 6) is 1.78. The molecule has 1 aromatic carbocycles. The Balaban J connectivity index is 1.74. The summed E-state index contributed by atoms with van der Waals surface area (Å²) >= 11 is 0. The van der Waals surface area contributed by atoms with Gasteiger partial charge < -0.3 is 5.32 Å². The normalized spacial score (nSPS) is 18.7. The first-order valence-electron chi connectivity index (χ1n) is 7.46. The van der Waals surface area contributed by atoms with Gasteiger partial charge in [-0.05, 0) is 32.3 Å². The van der Waals surface area contributed by atoms with Crippen LogP contribution in [0.4, 0.5) is 5.69 Å². The number of hydrogen-bond donors (Lipinski definition) is 1. The van der Waals surface area contributed by atoms with Crippen molar-refractivity contribution in [2.45, 2.75) is 45.3 Å². The van der Waals surface area contributed by atoms with Crippen LogP contribution in [0.2, 0.25) is 0 Å². The van der Waals surface area contributed by atoms with Crippen LogP contribution < -0.4 is 5.32 Å². The minimum atomic E-state index is -0.381. The molecule has 116 valence electrons. The first-order chi connectivity index (χ1) is 10.5. The van der Waals surface area contributed by atoms with Crippen LogP contribution in [0.5, 0.6) is 0 Å². The van der Waals surface area contributed by atoms with Crippen molar-refractivity contribution in [1.82, 2.24) is 20.1 Å². The molecular formula is C15H19N5O2. The first kappa shape index (κ1) is 14.6. The standard InChI is InChI=1S/C15H19N5O2/c1-10(12-5-7-13(8-6-12)20(21)22)16-14-4-3-9-19-15(14)17-11(2)18-19/h5-8,10,14,16H,3-4,9H2,1-2H3/t10-,14-/m1/s1. The Morgan fingerprint density at radius 3 is 2.82 bits per heavy atom. The summed E-state index contributed by atoms with van der Waals surface area (Å²) in [6, 6.07) is 6.94. The number of aromatic nitrogens is 3. The topological polar surface area (TPSA) is 85.9 Å². The highest BCUT2D eigenvalue weighted by Crippen LogP contribution is 2.27. The minimum absolute atomic E-state index is 0.0920. The average Bonchev–Trinajstić information content (AvgIpc) is 2.88. The fourth-order valence-electron chi connectivity index (χ4n) is 2.91. The van der Waals surface area contributed by atoms with E-state index in [9.17, 15) is 10.1 Å². The molecular weight excluding hydrogens is 282 g/mol. The monoisotopic (exact) mass is 301 g/mol. The lowest BCUT2D eigenvalue weighted by atomic mass is 10.0. The summed E-state index contributed by atoms with van der Waals surface area (Å²) in [7, 11) is 0. The maximum absolute atomic E-state index is 10.7. The summed E-state index contributed by atoms with van der Waals surface area (Å²) in [5.41, 5.74) is 1.14. The van der Waals surface area contributed by atoms with E-state index in [4.69, 9.17) is 0 Å². The van der Waals surface area contributed by atoms with E-state index >= 15 is 0 Å². The van der Waals surface area contributed by atoms with Crippen molar-refractivity contribution in [2.24, 2.45) is 0 Å². The van der Waals surface area contributed by atoms with E-state index in [1.165, 1.54) is 0 Å². The number of fused-ring (bicyclic) bond motifs is 1. The molecule has 0 saturated carbocycles. The molecule has 1 N–H and O–H groups in total. The van der Waals surface area contributed by atoms with Gasteiger partial charge in [-0.25, -0.2) is 9.67 Å². The quantitative estimate of drug-likeness (QED) is 0.693. The molecule has 2 atom stereocenters. The van der Waals surface area contributed by atoms with Crippen molar-refractivity contribution in [1.29, 1.82) is 0 Å². The maximum atomic E-state index is 10.7. The third-order valence-electron chi connectivity index (χ3n) is 4.04. The van der Waals surface area contributed by atoms with Crippen LogP contribution in [-0.4, -0.2) is 19.7 Å². The van der Waals surface area contributed by atoms with Crippen LogP contribution in [0.3, 0.4) is 0 Å². The largest absolute Gasteiger partial charge is 0.301 e. The van der Waals surface area contributed by atoms with Crippen molar-refractivity contribution < 1.29 is 4.92 Å². The fourth-order valence-corrected chi connectivity index (χ4v) is 2.91. The van der Waals surface area contributed by atoms with Crippen molar-refractivity contribution in [3.8, 4) is 0 Å². The third kappa shape index (κ3) is 2.85. The minimum Gasteiger partial charge on any atom is -0.301 e. The van der Waals surface area contributed by atoms with Crippen molar-refractivity contribution in [2.75, 3.05) is 0 Å². The fraction of sp³-hybridized carbons (Fsp3) is 0.467. The molecule has 0 bridgehead atoms. The van der Waals surface area contributed by atoms with Gasteiger partial charge in [-0.1, -0.05) is 12.1 Å². The zero-order valence-corrected chi connectivity index (χ0v) is 12.7. The lowest BCUT2D eigenvalue weighted by Crippen LogP contribution is -2.30. The van der Waals surface area contributed by atoms with Crippen molar-refractivity contribution in [3.63, 3.8) is 0 Å². The first-order valence-corrected chi connectivity index (χ1v) is 7.46. The van der Waals surface area contributed by atoms with Crippen LogP contribution in [0.1, 0.15) is 49.1 Å². The number of aryl methyl sites for hydroxylation is 2. The van der Waals surface area contributed by atoms with E-state index in [2.05, 4.69) is 22.3 Å². The van der Waals surface area contributed by atoms with E-state index in [0.29, 0.717) is 0 Å². The van der Waals surface area contributed by atoms with Gasteiger partial charge in [0, 0.05) is 24.7 Å². The Morgan fingerprint density at radius 2 is 2.14 bits per heavy atom. The summed E-state index contributed by atoms with van der Waals surface area (Å²) in [4.78, 5) is 14.8. The molecule has 0 unspecified atom stereocenters. The molecule has 1 aliphatic heterocycles. The van der Waals surface area contributed by atoms with Crippen LogP contribution in [0, 0.1) is 17.0 Å². The highest BCUT2D eigenvalue weighted by molar-refractivity contribution is 5.34. The average molecular weight is 301 g/mol. The second-order valence-corrected chi connectivity index (χ2v) is 5.67. The van der Waals surface area contributed by atoms with Gasteiger partial charge >= 0.3 is 0 Å². The zero-order valence-electron chi connectivity index (χ0n) is 12.7. The smallest absolute Gasteiger partial charge is 0.269 e. The van der Waals surface area contributed by atoms with Crippen LogP contribution >= 0.6 is 0 Å². The molecule has 1 aromatic heterocycles. The summed E-state index contributed by atoms with van der Waals surface area (Å²) < 4.78 is 1.97. The van der Waals surface area contributed by atoms with Gasteiger partial charge in [0.1, 0.15) is 11.6 Å². The molecule has 0 saturated heterocycles. The Kier molecular flexibility index (Phi) is 3.89. The third-order valence-corrected chi connectivity index (χ3v) is 4.04. The number of nitro benzene ring substituents is 1. The second kappa shape index (κ2) is 5.84. The van der Waals surface area contributed by atoms with Gasteiger partial charge in [-0.2, -0.15) is 5.10 Å². The van der Waals surface area contributed by atoms with Crippen LogP contribution in [-0.2, 0) is 6.54 Å². The van der Waals surface area contributed by atoms with Gasteiger partial charge in [0.15, 0.2) is 0 Å². The SMILES string of the molecule is Cc1nc2n(n1)CCC[C@H]2N[C@H](C)c1ccc([N+](=O)[O-])cc1. The number of nitro groups is 1. The van der Waals surface area contributed by atoms with Gasteiger partial charge in [0.25, 0.3) is 5.69 Å². The van der Waals surface area contributed by atoms with E-state index in [0.717, 1.165) is 36.6 Å². The van der Waals surface area contributed by atoms with Crippen LogP contribution in [0.15, 0.2) is 24.3 Å². The maximum Gasteiger partial charge on any atom is 0.269 e. The Morgan fingerprint density at radius 1 is 1.41 bits per heavy atom. The predicted molar refractivity (Wildman–Crippen MR) is 81.4 cm³/mol. The highest BCUT2D eigenvalue weighted by atomic mass is 16.6. The van der Waals surface area contributed by atoms with Crippen molar-refractivity contribution in [3.05, 3.63) is 51.6 Å². The molecule has 0 amide bonds. The number of rotatable bonds is 4. The second-order valence-electron chi connectivity index (χ2n) is 5.67. The lowest BCUT2D eigenvalue weighted by Gasteiger charge is -2.26. The molecule has 3 rings (SSSR count). The molecule has 0 radical (unpaired) electrons. The van der Waals surface area contributed by atoms with E-state index < -0.39 is 0 Å². The van der Waals surface area contributed by atoms with Gasteiger partial charge in [0.2, 0.25) is 0 Å². The molecule has 0 spiro atoms. The molecule has 7 heteroatoms.